The lowest BCUT2D eigenvalue weighted by Gasteiger charge is -2.19. The first-order valence-corrected chi connectivity index (χ1v) is 5.80. The molecule has 108 valence electrons. The number of hydrogen-bond donors (Lipinski definition) is 4. The van der Waals surface area contributed by atoms with Crippen molar-refractivity contribution in [3.05, 3.63) is 0 Å². The van der Waals surface area contributed by atoms with E-state index < -0.39 is 42.3 Å². The lowest BCUT2D eigenvalue weighted by Crippen LogP contribution is -2.51. The Morgan fingerprint density at radius 1 is 1.05 bits per heavy atom. The van der Waals surface area contributed by atoms with E-state index in [1.54, 1.807) is 6.92 Å². The maximum Gasteiger partial charge on any atom is 0.326 e. The fourth-order valence-corrected chi connectivity index (χ4v) is 1.45. The second kappa shape index (κ2) is 8.06. The van der Waals surface area contributed by atoms with Crippen LogP contribution in [0.5, 0.6) is 0 Å². The first-order valence-electron chi connectivity index (χ1n) is 5.80. The van der Waals surface area contributed by atoms with Gasteiger partial charge in [-0.3, -0.25) is 14.4 Å². The summed E-state index contributed by atoms with van der Waals surface area (Å²) in [4.78, 5) is 44.1. The molecule has 4 N–H and O–H groups in total. The van der Waals surface area contributed by atoms with E-state index in [2.05, 4.69) is 10.6 Å². The summed E-state index contributed by atoms with van der Waals surface area (Å²) in [5.41, 5.74) is 0. The highest BCUT2D eigenvalue weighted by atomic mass is 16.4. The zero-order valence-electron chi connectivity index (χ0n) is 10.8. The summed E-state index contributed by atoms with van der Waals surface area (Å²) < 4.78 is 0. The molecular weight excluding hydrogens is 256 g/mol. The monoisotopic (exact) mass is 274 g/mol. The minimum atomic E-state index is -1.28. The molecular formula is C11H18N2O6. The highest BCUT2D eigenvalue weighted by Gasteiger charge is 2.26. The highest BCUT2D eigenvalue weighted by molar-refractivity contribution is 5.92. The standard InChI is InChI=1S/C11H18N2O6/c1-3-4-7(11(18)19)13-10(17)8(5-9(15)16)12-6(2)14/h7-8H,3-5H2,1-2H3,(H,12,14)(H,13,17)(H,15,16)(H,18,19)/t7-,8-/m0/s1. The number of hydrogen-bond acceptors (Lipinski definition) is 4. The van der Waals surface area contributed by atoms with Crippen LogP contribution in [-0.2, 0) is 19.2 Å². The molecule has 19 heavy (non-hydrogen) atoms. The quantitative estimate of drug-likeness (QED) is 0.464. The van der Waals surface area contributed by atoms with Crippen LogP contribution in [0.15, 0.2) is 0 Å². The molecule has 8 nitrogen and oxygen atoms in total. The molecule has 0 aliphatic carbocycles. The van der Waals surface area contributed by atoms with Crippen molar-refractivity contribution in [3.63, 3.8) is 0 Å². The maximum atomic E-state index is 11.8. The fraction of sp³-hybridized carbons (Fsp3) is 0.636. The van der Waals surface area contributed by atoms with Gasteiger partial charge in [-0.2, -0.15) is 0 Å². The van der Waals surface area contributed by atoms with E-state index in [0.29, 0.717) is 6.42 Å². The van der Waals surface area contributed by atoms with Crippen molar-refractivity contribution in [2.24, 2.45) is 0 Å². The molecule has 0 radical (unpaired) electrons. The normalized spacial score (nSPS) is 13.2. The van der Waals surface area contributed by atoms with Gasteiger partial charge in [0, 0.05) is 6.92 Å². The van der Waals surface area contributed by atoms with Crippen LogP contribution in [0.2, 0.25) is 0 Å². The molecule has 0 aromatic rings. The number of carbonyl (C=O) groups excluding carboxylic acids is 2. The van der Waals surface area contributed by atoms with Crippen molar-refractivity contribution in [1.29, 1.82) is 0 Å². The Kier molecular flexibility index (Phi) is 7.16. The summed E-state index contributed by atoms with van der Waals surface area (Å²) >= 11 is 0. The Morgan fingerprint density at radius 3 is 2.00 bits per heavy atom. The number of aliphatic carboxylic acids is 2. The molecule has 0 aromatic heterocycles. The van der Waals surface area contributed by atoms with Crippen molar-refractivity contribution in [2.45, 2.75) is 45.2 Å². The van der Waals surface area contributed by atoms with Crippen molar-refractivity contribution < 1.29 is 29.4 Å². The minimum absolute atomic E-state index is 0.223. The van der Waals surface area contributed by atoms with E-state index in [-0.39, 0.29) is 6.42 Å². The van der Waals surface area contributed by atoms with Crippen molar-refractivity contribution in [3.8, 4) is 0 Å². The Balaban J connectivity index is 4.72. The van der Waals surface area contributed by atoms with E-state index in [0.717, 1.165) is 6.92 Å². The van der Waals surface area contributed by atoms with E-state index >= 15 is 0 Å². The Bertz CT molecular complexity index is 352. The van der Waals surface area contributed by atoms with E-state index in [4.69, 9.17) is 10.2 Å². The number of rotatable bonds is 8. The zero-order chi connectivity index (χ0) is 15.0. The van der Waals surface area contributed by atoms with E-state index in [1.807, 2.05) is 0 Å². The molecule has 0 spiro atoms. The van der Waals surface area contributed by atoms with Crippen LogP contribution in [0.25, 0.3) is 0 Å². The van der Waals surface area contributed by atoms with Crippen LogP contribution in [-0.4, -0.2) is 46.0 Å². The predicted molar refractivity (Wildman–Crippen MR) is 64.3 cm³/mol. The van der Waals surface area contributed by atoms with Gasteiger partial charge in [-0.1, -0.05) is 13.3 Å². The number of carbonyl (C=O) groups is 4. The van der Waals surface area contributed by atoms with Gasteiger partial charge in [-0.15, -0.1) is 0 Å². The first-order chi connectivity index (χ1) is 8.77. The average Bonchev–Trinajstić information content (AvgIpc) is 2.25. The third-order valence-electron chi connectivity index (χ3n) is 2.26. The number of carboxylic acids is 2. The van der Waals surface area contributed by atoms with Crippen LogP contribution >= 0.6 is 0 Å². The molecule has 0 unspecified atom stereocenters. The molecule has 0 saturated heterocycles. The first kappa shape index (κ1) is 16.9. The SMILES string of the molecule is CCC[C@H](NC(=O)[C@H](CC(=O)O)NC(C)=O)C(=O)O. The van der Waals surface area contributed by atoms with Gasteiger partial charge in [0.2, 0.25) is 11.8 Å². The second-order valence-corrected chi connectivity index (χ2v) is 4.04. The maximum absolute atomic E-state index is 11.8. The van der Waals surface area contributed by atoms with Gasteiger partial charge in [0.25, 0.3) is 0 Å². The zero-order valence-corrected chi connectivity index (χ0v) is 10.8. The molecule has 0 saturated carbocycles. The molecule has 8 heteroatoms. The summed E-state index contributed by atoms with van der Waals surface area (Å²) in [6.45, 7) is 2.90. The minimum Gasteiger partial charge on any atom is -0.481 e. The molecule has 0 fully saturated rings. The predicted octanol–water partition coefficient (Wildman–Crippen LogP) is -0.665. The van der Waals surface area contributed by atoms with E-state index in [9.17, 15) is 19.2 Å². The summed E-state index contributed by atoms with van der Waals surface area (Å²) in [6.07, 6.45) is 0.159. The molecule has 0 aliphatic rings. The third-order valence-corrected chi connectivity index (χ3v) is 2.26. The summed E-state index contributed by atoms with van der Waals surface area (Å²) in [7, 11) is 0. The van der Waals surface area contributed by atoms with Crippen molar-refractivity contribution >= 4 is 23.8 Å². The Labute approximate surface area is 110 Å². The smallest absolute Gasteiger partial charge is 0.326 e. The molecule has 0 rings (SSSR count). The molecule has 2 atom stereocenters. The Morgan fingerprint density at radius 2 is 1.63 bits per heavy atom. The van der Waals surface area contributed by atoms with Gasteiger partial charge in [-0.05, 0) is 6.42 Å². The topological polar surface area (TPSA) is 133 Å². The molecule has 2 amide bonds. The van der Waals surface area contributed by atoms with E-state index in [1.165, 1.54) is 0 Å². The third kappa shape index (κ3) is 7.02. The van der Waals surface area contributed by atoms with Gasteiger partial charge in [0.15, 0.2) is 0 Å². The number of carboxylic acid groups (broad SMARTS) is 2. The molecule has 0 heterocycles. The number of amides is 2. The van der Waals surface area contributed by atoms with Gasteiger partial charge < -0.3 is 20.8 Å². The van der Waals surface area contributed by atoms with Crippen LogP contribution in [0.1, 0.15) is 33.1 Å². The Hall–Kier alpha value is -2.12. The largest absolute Gasteiger partial charge is 0.481 e. The van der Waals surface area contributed by atoms with Crippen LogP contribution in [0.4, 0.5) is 0 Å². The summed E-state index contributed by atoms with van der Waals surface area (Å²) in [6, 6.07) is -2.38. The van der Waals surface area contributed by atoms with Crippen LogP contribution in [0.3, 0.4) is 0 Å². The summed E-state index contributed by atoms with van der Waals surface area (Å²) in [5, 5.41) is 21.9. The second-order valence-electron chi connectivity index (χ2n) is 4.04. The molecule has 0 aromatic carbocycles. The van der Waals surface area contributed by atoms with Crippen LogP contribution in [0, 0.1) is 0 Å². The van der Waals surface area contributed by atoms with Gasteiger partial charge in [0.1, 0.15) is 12.1 Å². The van der Waals surface area contributed by atoms with Crippen molar-refractivity contribution in [2.75, 3.05) is 0 Å². The van der Waals surface area contributed by atoms with Gasteiger partial charge in [0.05, 0.1) is 6.42 Å². The lowest BCUT2D eigenvalue weighted by atomic mass is 10.1. The average molecular weight is 274 g/mol. The highest BCUT2D eigenvalue weighted by Crippen LogP contribution is 2.00. The molecule has 0 aliphatic heterocycles. The lowest BCUT2D eigenvalue weighted by molar-refractivity contribution is -0.143. The summed E-state index contributed by atoms with van der Waals surface area (Å²) in [5.74, 6) is -3.86. The number of nitrogens with one attached hydrogen (secondary N) is 2. The van der Waals surface area contributed by atoms with Gasteiger partial charge >= 0.3 is 11.9 Å². The molecule has 0 bridgehead atoms. The van der Waals surface area contributed by atoms with Crippen molar-refractivity contribution in [1.82, 2.24) is 10.6 Å². The van der Waals surface area contributed by atoms with Crippen LogP contribution < -0.4 is 10.6 Å². The fourth-order valence-electron chi connectivity index (χ4n) is 1.45. The van der Waals surface area contributed by atoms with Gasteiger partial charge in [-0.25, -0.2) is 4.79 Å².